The predicted molar refractivity (Wildman–Crippen MR) is 160 cm³/mol. The van der Waals surface area contributed by atoms with Crippen molar-refractivity contribution in [3.8, 4) is 11.5 Å². The Hall–Kier alpha value is -5.16. The van der Waals surface area contributed by atoms with Gasteiger partial charge in [-0.05, 0) is 47.9 Å². The first-order valence-corrected chi connectivity index (χ1v) is 13.4. The summed E-state index contributed by atoms with van der Waals surface area (Å²) in [5.74, 6) is -0.188. The van der Waals surface area contributed by atoms with Gasteiger partial charge in [-0.3, -0.25) is 19.7 Å². The SMILES string of the molecule is O=C(N/N=C/c1ccc(OCC(=O)N2CCN(c3ccc([N+](=O)[O-])cc3)CC2)c2ccccc12)c1ccc(O)c(Cl)c1. The van der Waals surface area contributed by atoms with E-state index in [1.165, 1.54) is 36.5 Å². The van der Waals surface area contributed by atoms with E-state index in [4.69, 9.17) is 16.3 Å². The number of hydrogen-bond acceptors (Lipinski definition) is 8. The number of nitro benzene ring substituents is 1. The average molecular weight is 588 g/mol. The lowest BCUT2D eigenvalue weighted by Gasteiger charge is -2.36. The molecule has 1 aliphatic rings. The van der Waals surface area contributed by atoms with Gasteiger partial charge in [0.15, 0.2) is 6.61 Å². The molecule has 4 aromatic carbocycles. The fraction of sp³-hybridized carbons (Fsp3) is 0.167. The van der Waals surface area contributed by atoms with Crippen LogP contribution in [0.1, 0.15) is 15.9 Å². The van der Waals surface area contributed by atoms with Crippen LogP contribution in [0, 0.1) is 10.1 Å². The third kappa shape index (κ3) is 6.42. The van der Waals surface area contributed by atoms with E-state index < -0.39 is 10.8 Å². The molecular formula is C30H26ClN5O6. The van der Waals surface area contributed by atoms with E-state index in [2.05, 4.69) is 15.4 Å². The lowest BCUT2D eigenvalue weighted by atomic mass is 10.0. The molecule has 0 aromatic heterocycles. The molecule has 0 saturated carbocycles. The zero-order valence-corrected chi connectivity index (χ0v) is 23.0. The summed E-state index contributed by atoms with van der Waals surface area (Å²) < 4.78 is 5.94. The molecule has 0 spiro atoms. The molecule has 11 nitrogen and oxygen atoms in total. The highest BCUT2D eigenvalue weighted by Crippen LogP contribution is 2.28. The van der Waals surface area contributed by atoms with Crippen molar-refractivity contribution in [3.63, 3.8) is 0 Å². The summed E-state index contributed by atoms with van der Waals surface area (Å²) in [5, 5.41) is 26.2. The minimum atomic E-state index is -0.482. The van der Waals surface area contributed by atoms with Crippen LogP contribution in [-0.4, -0.2) is 65.7 Å². The Morgan fingerprint density at radius 2 is 1.71 bits per heavy atom. The summed E-state index contributed by atoms with van der Waals surface area (Å²) in [6.45, 7) is 2.11. The average Bonchev–Trinajstić information content (AvgIpc) is 3.01. The fourth-order valence-corrected chi connectivity index (χ4v) is 4.82. The third-order valence-corrected chi connectivity index (χ3v) is 7.21. The smallest absolute Gasteiger partial charge is 0.271 e. The Labute approximate surface area is 245 Å². The predicted octanol–water partition coefficient (Wildman–Crippen LogP) is 4.60. The molecular weight excluding hydrogens is 562 g/mol. The second-order valence-corrected chi connectivity index (χ2v) is 9.90. The molecule has 0 atom stereocenters. The Bertz CT molecular complexity index is 1670. The summed E-state index contributed by atoms with van der Waals surface area (Å²) in [6, 6.07) is 21.6. The zero-order valence-electron chi connectivity index (χ0n) is 22.3. The standard InChI is InChI=1S/C30H26ClN5O6/c31-26-17-20(5-11-27(26)37)30(39)33-32-18-21-6-12-28(25-4-2-1-3-24(21)25)42-19-29(38)35-15-13-34(14-16-35)22-7-9-23(10-8-22)36(40)41/h1-12,17-18,37H,13-16,19H2,(H,33,39)/b32-18+. The maximum absolute atomic E-state index is 12.9. The van der Waals surface area contributed by atoms with E-state index in [1.54, 1.807) is 29.2 Å². The Morgan fingerprint density at radius 3 is 2.40 bits per heavy atom. The highest BCUT2D eigenvalue weighted by Gasteiger charge is 2.22. The summed E-state index contributed by atoms with van der Waals surface area (Å²) in [5.41, 5.74) is 4.35. The number of anilines is 1. The van der Waals surface area contributed by atoms with Crippen molar-refractivity contribution in [2.24, 2.45) is 5.10 Å². The minimum Gasteiger partial charge on any atom is -0.506 e. The number of amides is 2. The van der Waals surface area contributed by atoms with Crippen LogP contribution in [0.25, 0.3) is 10.8 Å². The van der Waals surface area contributed by atoms with E-state index in [1.807, 2.05) is 24.3 Å². The van der Waals surface area contributed by atoms with Gasteiger partial charge in [-0.25, -0.2) is 5.43 Å². The van der Waals surface area contributed by atoms with Crippen molar-refractivity contribution < 1.29 is 24.4 Å². The molecule has 12 heteroatoms. The highest BCUT2D eigenvalue weighted by atomic mass is 35.5. The third-order valence-electron chi connectivity index (χ3n) is 6.91. The zero-order chi connectivity index (χ0) is 29.6. The van der Waals surface area contributed by atoms with Crippen LogP contribution in [0.15, 0.2) is 84.0 Å². The van der Waals surface area contributed by atoms with Gasteiger partial charge in [0.1, 0.15) is 11.5 Å². The Morgan fingerprint density at radius 1 is 1.00 bits per heavy atom. The molecule has 1 heterocycles. The minimum absolute atomic E-state index is 0.0423. The summed E-state index contributed by atoms with van der Waals surface area (Å²) in [7, 11) is 0. The van der Waals surface area contributed by atoms with Gasteiger partial charge in [0.25, 0.3) is 17.5 Å². The number of phenols is 1. The number of non-ortho nitro benzene ring substituents is 1. The number of benzene rings is 4. The first kappa shape index (κ1) is 28.4. The van der Waals surface area contributed by atoms with Gasteiger partial charge < -0.3 is 19.6 Å². The Kier molecular flexibility index (Phi) is 8.49. The normalized spacial score (nSPS) is 13.4. The molecule has 1 aliphatic heterocycles. The van der Waals surface area contributed by atoms with Crippen molar-refractivity contribution >= 4 is 51.8 Å². The number of carbonyl (C=O) groups is 2. The lowest BCUT2D eigenvalue weighted by molar-refractivity contribution is -0.384. The largest absolute Gasteiger partial charge is 0.506 e. The van der Waals surface area contributed by atoms with E-state index >= 15 is 0 Å². The topological polar surface area (TPSA) is 138 Å². The number of hydrazone groups is 1. The number of nitro groups is 1. The molecule has 0 radical (unpaired) electrons. The molecule has 2 amide bonds. The van der Waals surface area contributed by atoms with Crippen molar-refractivity contribution in [2.75, 3.05) is 37.7 Å². The van der Waals surface area contributed by atoms with Crippen molar-refractivity contribution in [3.05, 3.63) is 105 Å². The van der Waals surface area contributed by atoms with Gasteiger partial charge in [-0.2, -0.15) is 5.10 Å². The van der Waals surface area contributed by atoms with Gasteiger partial charge in [-0.15, -0.1) is 0 Å². The molecule has 214 valence electrons. The van der Waals surface area contributed by atoms with Crippen LogP contribution >= 0.6 is 11.6 Å². The maximum atomic E-state index is 12.9. The first-order valence-electron chi connectivity index (χ1n) is 13.0. The van der Waals surface area contributed by atoms with Gasteiger partial charge in [0, 0.05) is 60.5 Å². The van der Waals surface area contributed by atoms with Crippen LogP contribution in [0.2, 0.25) is 5.02 Å². The fourth-order valence-electron chi connectivity index (χ4n) is 4.64. The van der Waals surface area contributed by atoms with E-state index in [0.717, 1.165) is 22.0 Å². The quantitative estimate of drug-likeness (QED) is 0.175. The monoisotopic (exact) mass is 587 g/mol. The van der Waals surface area contributed by atoms with Crippen molar-refractivity contribution in [2.45, 2.75) is 0 Å². The second kappa shape index (κ2) is 12.6. The Balaban J connectivity index is 1.18. The van der Waals surface area contributed by atoms with Gasteiger partial charge >= 0.3 is 0 Å². The number of phenolic OH excluding ortho intramolecular Hbond substituents is 1. The number of nitrogens with one attached hydrogen (secondary N) is 1. The number of carbonyl (C=O) groups excluding carboxylic acids is 2. The van der Waals surface area contributed by atoms with Crippen LogP contribution < -0.4 is 15.1 Å². The van der Waals surface area contributed by atoms with Crippen LogP contribution in [0.4, 0.5) is 11.4 Å². The van der Waals surface area contributed by atoms with Crippen molar-refractivity contribution in [1.82, 2.24) is 10.3 Å². The molecule has 4 aromatic rings. The lowest BCUT2D eigenvalue weighted by Crippen LogP contribution is -2.50. The molecule has 42 heavy (non-hydrogen) atoms. The molecule has 0 aliphatic carbocycles. The van der Waals surface area contributed by atoms with E-state index in [-0.39, 0.29) is 34.5 Å². The summed E-state index contributed by atoms with van der Waals surface area (Å²) >= 11 is 5.88. The molecule has 5 rings (SSSR count). The second-order valence-electron chi connectivity index (χ2n) is 9.49. The van der Waals surface area contributed by atoms with Gasteiger partial charge in [0.05, 0.1) is 16.2 Å². The van der Waals surface area contributed by atoms with E-state index in [9.17, 15) is 24.8 Å². The number of fused-ring (bicyclic) bond motifs is 1. The summed E-state index contributed by atoms with van der Waals surface area (Å²) in [4.78, 5) is 39.6. The number of halogens is 1. The molecule has 0 unspecified atom stereocenters. The maximum Gasteiger partial charge on any atom is 0.271 e. The van der Waals surface area contributed by atoms with Crippen LogP contribution in [0.3, 0.4) is 0 Å². The van der Waals surface area contributed by atoms with Crippen LogP contribution in [-0.2, 0) is 4.79 Å². The molecule has 1 fully saturated rings. The summed E-state index contributed by atoms with van der Waals surface area (Å²) in [6.07, 6.45) is 1.52. The van der Waals surface area contributed by atoms with Crippen molar-refractivity contribution in [1.29, 1.82) is 0 Å². The number of hydrogen-bond donors (Lipinski definition) is 2. The number of piperazine rings is 1. The first-order chi connectivity index (χ1) is 20.3. The van der Waals surface area contributed by atoms with Gasteiger partial charge in [0.2, 0.25) is 0 Å². The number of aromatic hydroxyl groups is 1. The number of ether oxygens (including phenoxy) is 1. The van der Waals surface area contributed by atoms with Gasteiger partial charge in [-0.1, -0.05) is 35.9 Å². The molecule has 0 bridgehead atoms. The van der Waals surface area contributed by atoms with Crippen LogP contribution in [0.5, 0.6) is 11.5 Å². The number of nitrogens with zero attached hydrogens (tertiary/aromatic N) is 4. The molecule has 2 N–H and O–H groups in total. The number of rotatable bonds is 8. The molecule has 1 saturated heterocycles. The highest BCUT2D eigenvalue weighted by molar-refractivity contribution is 6.32. The van der Waals surface area contributed by atoms with E-state index in [0.29, 0.717) is 31.9 Å².